The number of anilines is 2. The monoisotopic (exact) mass is 529 g/mol. The fourth-order valence-corrected chi connectivity index (χ4v) is 4.11. The van der Waals surface area contributed by atoms with Crippen LogP contribution in [0.4, 0.5) is 11.4 Å². The maximum atomic E-state index is 12.6. The predicted octanol–water partition coefficient (Wildman–Crippen LogP) is 5.27. The van der Waals surface area contributed by atoms with Gasteiger partial charge in [0.15, 0.2) is 0 Å². The van der Waals surface area contributed by atoms with E-state index in [1.54, 1.807) is 24.3 Å². The molecule has 2 amide bonds. The quantitative estimate of drug-likeness (QED) is 0.244. The van der Waals surface area contributed by atoms with Gasteiger partial charge in [-0.15, -0.1) is 0 Å². The number of benzene rings is 3. The third-order valence-corrected chi connectivity index (χ3v) is 6.48. The summed E-state index contributed by atoms with van der Waals surface area (Å²) in [6.45, 7) is 1.34. The number of amides is 2. The topological polar surface area (TPSA) is 125 Å². The van der Waals surface area contributed by atoms with Gasteiger partial charge in [-0.25, -0.2) is 0 Å². The van der Waals surface area contributed by atoms with Crippen molar-refractivity contribution in [1.29, 1.82) is 5.26 Å². The predicted molar refractivity (Wildman–Crippen MR) is 134 cm³/mol. The summed E-state index contributed by atoms with van der Waals surface area (Å²) in [5, 5.41) is 14.9. The number of nitriles is 1. The van der Waals surface area contributed by atoms with E-state index in [4.69, 9.17) is 27.4 Å². The zero-order valence-corrected chi connectivity index (χ0v) is 20.4. The van der Waals surface area contributed by atoms with Crippen molar-refractivity contribution in [1.82, 2.24) is 0 Å². The summed E-state index contributed by atoms with van der Waals surface area (Å²) < 4.78 is 30.5. The third-order valence-electron chi connectivity index (χ3n) is 4.40. The molecule has 178 valence electrons. The molecule has 0 aliphatic rings. The molecule has 0 heterocycles. The minimum absolute atomic E-state index is 0.0275. The van der Waals surface area contributed by atoms with Gasteiger partial charge in [0.05, 0.1) is 15.7 Å². The molecule has 0 aliphatic heterocycles. The molecule has 3 aromatic rings. The molecule has 2 N–H and O–H groups in total. The van der Waals surface area contributed by atoms with Gasteiger partial charge in [0.25, 0.3) is 5.91 Å². The summed E-state index contributed by atoms with van der Waals surface area (Å²) >= 11 is 12.0. The van der Waals surface area contributed by atoms with Crippen LogP contribution >= 0.6 is 23.2 Å². The minimum atomic E-state index is -4.18. The van der Waals surface area contributed by atoms with Crippen LogP contribution in [0.3, 0.4) is 0 Å². The summed E-state index contributed by atoms with van der Waals surface area (Å²) in [6, 6.07) is 17.8. The van der Waals surface area contributed by atoms with Crippen LogP contribution in [0.2, 0.25) is 10.0 Å². The first-order valence-electron chi connectivity index (χ1n) is 9.88. The van der Waals surface area contributed by atoms with Crippen molar-refractivity contribution >= 4 is 62.6 Å². The Morgan fingerprint density at radius 2 is 1.69 bits per heavy atom. The Balaban J connectivity index is 1.79. The van der Waals surface area contributed by atoms with E-state index in [1.807, 2.05) is 0 Å². The van der Waals surface area contributed by atoms with Gasteiger partial charge >= 0.3 is 10.1 Å². The molecule has 3 aromatic carbocycles. The molecule has 0 spiro atoms. The second-order valence-corrected chi connectivity index (χ2v) is 9.37. The van der Waals surface area contributed by atoms with Crippen LogP contribution in [-0.4, -0.2) is 20.2 Å². The van der Waals surface area contributed by atoms with Crippen molar-refractivity contribution in [3.05, 3.63) is 87.9 Å². The van der Waals surface area contributed by atoms with Gasteiger partial charge in [0.2, 0.25) is 5.91 Å². The number of halogens is 2. The maximum Gasteiger partial charge on any atom is 0.339 e. The Labute approximate surface area is 211 Å². The van der Waals surface area contributed by atoms with E-state index in [2.05, 4.69) is 10.6 Å². The molecular weight excluding hydrogens is 513 g/mol. The fourth-order valence-electron chi connectivity index (χ4n) is 2.84. The lowest BCUT2D eigenvalue weighted by Gasteiger charge is -2.09. The molecule has 0 saturated heterocycles. The van der Waals surface area contributed by atoms with Crippen molar-refractivity contribution < 1.29 is 22.2 Å². The van der Waals surface area contributed by atoms with Gasteiger partial charge in [-0.2, -0.15) is 13.7 Å². The highest BCUT2D eigenvalue weighted by molar-refractivity contribution is 7.87. The molecule has 0 unspecified atom stereocenters. The Morgan fingerprint density at radius 1 is 1.00 bits per heavy atom. The van der Waals surface area contributed by atoms with Crippen LogP contribution in [0, 0.1) is 11.3 Å². The van der Waals surface area contributed by atoms with E-state index >= 15 is 0 Å². The first-order chi connectivity index (χ1) is 16.6. The largest absolute Gasteiger partial charge is 0.379 e. The van der Waals surface area contributed by atoms with Crippen molar-refractivity contribution in [2.45, 2.75) is 11.8 Å². The van der Waals surface area contributed by atoms with Crippen LogP contribution in [-0.2, 0) is 19.7 Å². The lowest BCUT2D eigenvalue weighted by molar-refractivity contribution is -0.114. The Kier molecular flexibility index (Phi) is 8.14. The second kappa shape index (κ2) is 11.1. The average molecular weight is 530 g/mol. The summed E-state index contributed by atoms with van der Waals surface area (Å²) in [5.74, 6) is -1.04. The zero-order chi connectivity index (χ0) is 25.6. The van der Waals surface area contributed by atoms with Gasteiger partial charge in [-0.05, 0) is 60.2 Å². The SMILES string of the molecule is CC(=O)Nc1ccc(S(=O)(=O)Oc2cccc(/C=C(\C#N)C(=O)Nc3cccc(Cl)c3Cl)c2)cc1. The molecule has 0 fully saturated rings. The maximum absolute atomic E-state index is 12.6. The number of nitrogens with one attached hydrogen (secondary N) is 2. The van der Waals surface area contributed by atoms with Gasteiger partial charge in [0, 0.05) is 12.6 Å². The van der Waals surface area contributed by atoms with Gasteiger partial charge in [0.1, 0.15) is 22.3 Å². The van der Waals surface area contributed by atoms with E-state index in [1.165, 1.54) is 61.5 Å². The molecule has 0 atom stereocenters. The Morgan fingerprint density at radius 3 is 2.34 bits per heavy atom. The Bertz CT molecular complexity index is 1460. The van der Waals surface area contributed by atoms with Crippen LogP contribution in [0.1, 0.15) is 12.5 Å². The molecule has 11 heteroatoms. The van der Waals surface area contributed by atoms with E-state index in [0.717, 1.165) is 0 Å². The first kappa shape index (κ1) is 25.8. The molecule has 0 aromatic heterocycles. The van der Waals surface area contributed by atoms with Crippen LogP contribution in [0.25, 0.3) is 6.08 Å². The standard InChI is InChI=1S/C24H17Cl2N3O5S/c1-15(30)28-18-8-10-20(11-9-18)35(32,33)34-19-5-2-4-16(13-19)12-17(14-27)24(31)29-22-7-3-6-21(25)23(22)26/h2-13H,1H3,(H,28,30)(H,29,31)/b17-12+. The molecule has 0 radical (unpaired) electrons. The molecule has 3 rings (SSSR count). The summed E-state index contributed by atoms with van der Waals surface area (Å²) in [7, 11) is -4.18. The average Bonchev–Trinajstić information content (AvgIpc) is 2.80. The lowest BCUT2D eigenvalue weighted by atomic mass is 10.1. The number of rotatable bonds is 7. The number of nitrogens with zero attached hydrogens (tertiary/aromatic N) is 1. The fraction of sp³-hybridized carbons (Fsp3) is 0.0417. The van der Waals surface area contributed by atoms with Crippen LogP contribution in [0.5, 0.6) is 5.75 Å². The number of carbonyl (C=O) groups excluding carboxylic acids is 2. The summed E-state index contributed by atoms with van der Waals surface area (Å²) in [4.78, 5) is 23.5. The number of hydrogen-bond acceptors (Lipinski definition) is 6. The van der Waals surface area contributed by atoms with Crippen molar-refractivity contribution in [3.63, 3.8) is 0 Å². The third kappa shape index (κ3) is 6.83. The second-order valence-electron chi connectivity index (χ2n) is 7.04. The highest BCUT2D eigenvalue weighted by Crippen LogP contribution is 2.30. The van der Waals surface area contributed by atoms with Crippen molar-refractivity contribution in [3.8, 4) is 11.8 Å². The highest BCUT2D eigenvalue weighted by Gasteiger charge is 2.17. The highest BCUT2D eigenvalue weighted by atomic mass is 35.5. The van der Waals surface area contributed by atoms with Crippen LogP contribution < -0.4 is 14.8 Å². The van der Waals surface area contributed by atoms with E-state index in [0.29, 0.717) is 11.3 Å². The van der Waals surface area contributed by atoms with Crippen molar-refractivity contribution in [2.75, 3.05) is 10.6 Å². The van der Waals surface area contributed by atoms with Gasteiger partial charge in [-0.3, -0.25) is 9.59 Å². The first-order valence-corrected chi connectivity index (χ1v) is 12.0. The zero-order valence-electron chi connectivity index (χ0n) is 18.1. The van der Waals surface area contributed by atoms with E-state index in [9.17, 15) is 23.3 Å². The van der Waals surface area contributed by atoms with Gasteiger partial charge < -0.3 is 14.8 Å². The minimum Gasteiger partial charge on any atom is -0.379 e. The molecule has 35 heavy (non-hydrogen) atoms. The molecule has 8 nitrogen and oxygen atoms in total. The van der Waals surface area contributed by atoms with Crippen molar-refractivity contribution in [2.24, 2.45) is 0 Å². The normalized spacial score (nSPS) is 11.3. The Hall–Kier alpha value is -3.84. The molecule has 0 aliphatic carbocycles. The molecule has 0 saturated carbocycles. The summed E-state index contributed by atoms with van der Waals surface area (Å²) in [5.41, 5.74) is 0.764. The summed E-state index contributed by atoms with van der Waals surface area (Å²) in [6.07, 6.45) is 1.27. The smallest absolute Gasteiger partial charge is 0.339 e. The molecule has 0 bridgehead atoms. The van der Waals surface area contributed by atoms with E-state index < -0.39 is 16.0 Å². The lowest BCUT2D eigenvalue weighted by Crippen LogP contribution is -2.13. The van der Waals surface area contributed by atoms with Gasteiger partial charge in [-0.1, -0.05) is 41.4 Å². The molecular formula is C24H17Cl2N3O5S. The number of hydrogen-bond donors (Lipinski definition) is 2. The van der Waals surface area contributed by atoms with Crippen LogP contribution in [0.15, 0.2) is 77.2 Å². The van der Waals surface area contributed by atoms with E-state index in [-0.39, 0.29) is 37.9 Å². The number of carbonyl (C=O) groups is 2.